The van der Waals surface area contributed by atoms with E-state index in [4.69, 9.17) is 0 Å². The molecule has 3 heteroatoms. The zero-order valence-corrected chi connectivity index (χ0v) is 10.00. The second-order valence-corrected chi connectivity index (χ2v) is 3.91. The zero-order valence-electron chi connectivity index (χ0n) is 10.00. The molecule has 1 aromatic heterocycles. The van der Waals surface area contributed by atoms with Crippen molar-refractivity contribution in [3.8, 4) is 0 Å². The first-order chi connectivity index (χ1) is 7.36. The van der Waals surface area contributed by atoms with Crippen molar-refractivity contribution in [2.75, 3.05) is 6.54 Å². The molecule has 1 aromatic rings. The van der Waals surface area contributed by atoms with Crippen LogP contribution in [0.25, 0.3) is 0 Å². The van der Waals surface area contributed by atoms with E-state index in [0.717, 1.165) is 25.3 Å². The molecule has 0 saturated heterocycles. The SMILES string of the molecule is CCCCCCn1ccc(CNCC)n1. The highest BCUT2D eigenvalue weighted by Gasteiger charge is 1.97. The summed E-state index contributed by atoms with van der Waals surface area (Å²) in [5.74, 6) is 0. The molecule has 0 aliphatic carbocycles. The minimum atomic E-state index is 0.887. The van der Waals surface area contributed by atoms with Gasteiger partial charge in [-0.05, 0) is 19.0 Å². The van der Waals surface area contributed by atoms with Crippen LogP contribution in [0.5, 0.6) is 0 Å². The predicted octanol–water partition coefficient (Wildman–Crippen LogP) is 2.57. The van der Waals surface area contributed by atoms with E-state index in [-0.39, 0.29) is 0 Å². The maximum Gasteiger partial charge on any atom is 0.0762 e. The van der Waals surface area contributed by atoms with Crippen LogP contribution in [0.15, 0.2) is 12.3 Å². The van der Waals surface area contributed by atoms with E-state index in [9.17, 15) is 0 Å². The second kappa shape index (κ2) is 7.46. The summed E-state index contributed by atoms with van der Waals surface area (Å²) in [4.78, 5) is 0. The summed E-state index contributed by atoms with van der Waals surface area (Å²) >= 11 is 0. The van der Waals surface area contributed by atoms with Crippen LogP contribution >= 0.6 is 0 Å². The third-order valence-electron chi connectivity index (χ3n) is 2.49. The van der Waals surface area contributed by atoms with Gasteiger partial charge in [0, 0.05) is 19.3 Å². The summed E-state index contributed by atoms with van der Waals surface area (Å²) in [6, 6.07) is 2.10. The zero-order chi connectivity index (χ0) is 10.9. The Kier molecular flexibility index (Phi) is 6.09. The quantitative estimate of drug-likeness (QED) is 0.667. The monoisotopic (exact) mass is 209 g/mol. The highest BCUT2D eigenvalue weighted by molar-refractivity contribution is 4.98. The Bertz CT molecular complexity index is 255. The van der Waals surface area contributed by atoms with Gasteiger partial charge in [0.15, 0.2) is 0 Å². The lowest BCUT2D eigenvalue weighted by Gasteiger charge is -2.01. The highest BCUT2D eigenvalue weighted by Crippen LogP contribution is 2.02. The molecular formula is C12H23N3. The molecule has 1 rings (SSSR count). The lowest BCUT2D eigenvalue weighted by atomic mass is 10.2. The van der Waals surface area contributed by atoms with Crippen molar-refractivity contribution in [2.45, 2.75) is 52.6 Å². The molecule has 0 unspecified atom stereocenters. The lowest BCUT2D eigenvalue weighted by molar-refractivity contribution is 0.534. The molecule has 0 fully saturated rings. The minimum Gasteiger partial charge on any atom is -0.311 e. The third-order valence-corrected chi connectivity index (χ3v) is 2.49. The van der Waals surface area contributed by atoms with E-state index in [1.54, 1.807) is 0 Å². The van der Waals surface area contributed by atoms with E-state index in [2.05, 4.69) is 41.2 Å². The molecule has 86 valence electrons. The number of hydrogen-bond donors (Lipinski definition) is 1. The summed E-state index contributed by atoms with van der Waals surface area (Å²) < 4.78 is 2.06. The maximum atomic E-state index is 4.50. The van der Waals surface area contributed by atoms with Crippen LogP contribution in [0.4, 0.5) is 0 Å². The second-order valence-electron chi connectivity index (χ2n) is 3.91. The fraction of sp³-hybridized carbons (Fsp3) is 0.750. The number of hydrogen-bond acceptors (Lipinski definition) is 2. The molecule has 0 aromatic carbocycles. The topological polar surface area (TPSA) is 29.9 Å². The number of rotatable bonds is 8. The van der Waals surface area contributed by atoms with Crippen molar-refractivity contribution in [1.82, 2.24) is 15.1 Å². The van der Waals surface area contributed by atoms with Gasteiger partial charge in [-0.2, -0.15) is 5.10 Å². The van der Waals surface area contributed by atoms with Gasteiger partial charge in [-0.3, -0.25) is 4.68 Å². The van der Waals surface area contributed by atoms with Gasteiger partial charge in [0.1, 0.15) is 0 Å². The first kappa shape index (κ1) is 12.2. The van der Waals surface area contributed by atoms with Crippen LogP contribution in [-0.4, -0.2) is 16.3 Å². The van der Waals surface area contributed by atoms with E-state index in [1.807, 2.05) is 0 Å². The molecule has 0 atom stereocenters. The van der Waals surface area contributed by atoms with E-state index >= 15 is 0 Å². The Morgan fingerprint density at radius 1 is 1.27 bits per heavy atom. The minimum absolute atomic E-state index is 0.887. The third kappa shape index (κ3) is 4.98. The first-order valence-corrected chi connectivity index (χ1v) is 6.09. The van der Waals surface area contributed by atoms with Gasteiger partial charge < -0.3 is 5.32 Å². The molecular weight excluding hydrogens is 186 g/mol. The maximum absolute atomic E-state index is 4.50. The fourth-order valence-corrected chi connectivity index (χ4v) is 1.58. The van der Waals surface area contributed by atoms with E-state index in [1.165, 1.54) is 25.7 Å². The van der Waals surface area contributed by atoms with Crippen LogP contribution in [0.2, 0.25) is 0 Å². The normalized spacial score (nSPS) is 10.8. The molecule has 3 nitrogen and oxygen atoms in total. The molecule has 0 aliphatic rings. The van der Waals surface area contributed by atoms with Gasteiger partial charge in [0.2, 0.25) is 0 Å². The van der Waals surface area contributed by atoms with Gasteiger partial charge in [-0.15, -0.1) is 0 Å². The summed E-state index contributed by atoms with van der Waals surface area (Å²) in [5.41, 5.74) is 1.15. The van der Waals surface area contributed by atoms with E-state index in [0.29, 0.717) is 0 Å². The molecule has 1 heterocycles. The van der Waals surface area contributed by atoms with Crippen molar-refractivity contribution in [3.63, 3.8) is 0 Å². The Morgan fingerprint density at radius 2 is 2.13 bits per heavy atom. The molecule has 0 radical (unpaired) electrons. The van der Waals surface area contributed by atoms with Crippen molar-refractivity contribution >= 4 is 0 Å². The van der Waals surface area contributed by atoms with Crippen LogP contribution in [0.3, 0.4) is 0 Å². The standard InChI is InChI=1S/C12H23N3/c1-3-5-6-7-9-15-10-8-12(14-15)11-13-4-2/h8,10,13H,3-7,9,11H2,1-2H3. The van der Waals surface area contributed by atoms with Crippen LogP contribution in [0, 0.1) is 0 Å². The molecule has 0 saturated carbocycles. The van der Waals surface area contributed by atoms with Crippen LogP contribution in [-0.2, 0) is 13.1 Å². The smallest absolute Gasteiger partial charge is 0.0762 e. The first-order valence-electron chi connectivity index (χ1n) is 6.09. The Hall–Kier alpha value is -0.830. The van der Waals surface area contributed by atoms with Crippen molar-refractivity contribution in [1.29, 1.82) is 0 Å². The molecule has 0 amide bonds. The number of aryl methyl sites for hydroxylation is 1. The van der Waals surface area contributed by atoms with Gasteiger partial charge in [-0.1, -0.05) is 33.1 Å². The Morgan fingerprint density at radius 3 is 2.87 bits per heavy atom. The number of nitrogens with zero attached hydrogens (tertiary/aromatic N) is 2. The summed E-state index contributed by atoms with van der Waals surface area (Å²) in [6.45, 7) is 7.30. The molecule has 1 N–H and O–H groups in total. The van der Waals surface area contributed by atoms with Gasteiger partial charge in [-0.25, -0.2) is 0 Å². The molecule has 0 bridgehead atoms. The fourth-order valence-electron chi connectivity index (χ4n) is 1.58. The van der Waals surface area contributed by atoms with Crippen molar-refractivity contribution in [3.05, 3.63) is 18.0 Å². The van der Waals surface area contributed by atoms with Crippen LogP contribution < -0.4 is 5.32 Å². The average molecular weight is 209 g/mol. The average Bonchev–Trinajstić information content (AvgIpc) is 2.69. The molecule has 0 aliphatic heterocycles. The largest absolute Gasteiger partial charge is 0.311 e. The summed E-state index contributed by atoms with van der Waals surface area (Å²) in [7, 11) is 0. The Balaban J connectivity index is 2.20. The van der Waals surface area contributed by atoms with Gasteiger partial charge in [0.05, 0.1) is 5.69 Å². The van der Waals surface area contributed by atoms with Gasteiger partial charge in [0.25, 0.3) is 0 Å². The van der Waals surface area contributed by atoms with Crippen molar-refractivity contribution < 1.29 is 0 Å². The number of aromatic nitrogens is 2. The highest BCUT2D eigenvalue weighted by atomic mass is 15.3. The lowest BCUT2D eigenvalue weighted by Crippen LogP contribution is -2.12. The van der Waals surface area contributed by atoms with Crippen molar-refractivity contribution in [2.24, 2.45) is 0 Å². The number of nitrogens with one attached hydrogen (secondary N) is 1. The summed E-state index contributed by atoms with van der Waals surface area (Å²) in [5, 5.41) is 7.78. The molecule has 15 heavy (non-hydrogen) atoms. The Labute approximate surface area is 92.9 Å². The van der Waals surface area contributed by atoms with E-state index < -0.39 is 0 Å². The molecule has 0 spiro atoms. The summed E-state index contributed by atoms with van der Waals surface area (Å²) in [6.07, 6.45) is 7.28. The van der Waals surface area contributed by atoms with Gasteiger partial charge >= 0.3 is 0 Å². The van der Waals surface area contributed by atoms with Crippen LogP contribution in [0.1, 0.15) is 45.2 Å². The predicted molar refractivity (Wildman–Crippen MR) is 63.7 cm³/mol. The number of unbranched alkanes of at least 4 members (excludes halogenated alkanes) is 3.